The fourth-order valence-electron chi connectivity index (χ4n) is 1.97. The first-order chi connectivity index (χ1) is 9.04. The van der Waals surface area contributed by atoms with E-state index in [4.69, 9.17) is 4.74 Å². The molecule has 0 bridgehead atoms. The van der Waals surface area contributed by atoms with Crippen LogP contribution in [0.15, 0.2) is 18.2 Å². The van der Waals surface area contributed by atoms with Crippen molar-refractivity contribution in [1.82, 2.24) is 10.2 Å². The number of rotatable bonds is 8. The lowest BCUT2D eigenvalue weighted by molar-refractivity contribution is 0.277. The van der Waals surface area contributed by atoms with Crippen molar-refractivity contribution in [3.63, 3.8) is 0 Å². The van der Waals surface area contributed by atoms with E-state index >= 15 is 0 Å². The molecule has 0 aliphatic carbocycles. The highest BCUT2D eigenvalue weighted by Gasteiger charge is 2.12. The molecule has 108 valence electrons. The summed E-state index contributed by atoms with van der Waals surface area (Å²) in [4.78, 5) is 2.12. The summed E-state index contributed by atoms with van der Waals surface area (Å²) in [5.74, 6) is 0.550. The van der Waals surface area contributed by atoms with Crippen molar-refractivity contribution < 1.29 is 9.13 Å². The van der Waals surface area contributed by atoms with E-state index in [1.54, 1.807) is 12.1 Å². The zero-order chi connectivity index (χ0) is 14.3. The summed E-state index contributed by atoms with van der Waals surface area (Å²) in [6.07, 6.45) is 0.958. The zero-order valence-electron chi connectivity index (χ0n) is 12.4. The zero-order valence-corrected chi connectivity index (χ0v) is 12.4. The van der Waals surface area contributed by atoms with E-state index in [1.165, 1.54) is 6.07 Å². The second-order valence-corrected chi connectivity index (χ2v) is 4.97. The Kier molecular flexibility index (Phi) is 6.81. The number of nitrogens with zero attached hydrogens (tertiary/aromatic N) is 1. The lowest BCUT2D eigenvalue weighted by Crippen LogP contribution is -2.19. The third-order valence-corrected chi connectivity index (χ3v) is 2.96. The van der Waals surface area contributed by atoms with Gasteiger partial charge in [-0.15, -0.1) is 0 Å². The minimum Gasteiger partial charge on any atom is -0.493 e. The Morgan fingerprint density at radius 2 is 2.11 bits per heavy atom. The topological polar surface area (TPSA) is 24.5 Å². The first-order valence-electron chi connectivity index (χ1n) is 6.85. The largest absolute Gasteiger partial charge is 0.493 e. The van der Waals surface area contributed by atoms with Crippen LogP contribution in [0.1, 0.15) is 31.9 Å². The molecule has 19 heavy (non-hydrogen) atoms. The van der Waals surface area contributed by atoms with Crippen molar-refractivity contribution in [3.8, 4) is 5.75 Å². The Balaban J connectivity index is 2.65. The lowest BCUT2D eigenvalue weighted by atomic mass is 10.1. The molecular formula is C15H25FN2O. The molecule has 1 atom stereocenters. The molecule has 0 saturated carbocycles. The van der Waals surface area contributed by atoms with Gasteiger partial charge in [-0.3, -0.25) is 0 Å². The van der Waals surface area contributed by atoms with Gasteiger partial charge in [-0.05, 0) is 52.2 Å². The summed E-state index contributed by atoms with van der Waals surface area (Å²) in [6.45, 7) is 6.53. The Labute approximate surface area is 115 Å². The average molecular weight is 268 g/mol. The Morgan fingerprint density at radius 3 is 2.74 bits per heavy atom. The van der Waals surface area contributed by atoms with Crippen LogP contribution >= 0.6 is 0 Å². The molecule has 0 aliphatic rings. The molecule has 1 unspecified atom stereocenters. The molecular weight excluding hydrogens is 243 g/mol. The quantitative estimate of drug-likeness (QED) is 0.734. The van der Waals surface area contributed by atoms with Crippen molar-refractivity contribution in [3.05, 3.63) is 29.6 Å². The molecule has 0 spiro atoms. The van der Waals surface area contributed by atoms with Gasteiger partial charge in [-0.2, -0.15) is 0 Å². The molecule has 1 aromatic carbocycles. The number of hydrogen-bond donors (Lipinski definition) is 1. The monoisotopic (exact) mass is 268 g/mol. The van der Waals surface area contributed by atoms with Gasteiger partial charge < -0.3 is 15.0 Å². The highest BCUT2D eigenvalue weighted by atomic mass is 19.1. The summed E-state index contributed by atoms with van der Waals surface area (Å²) >= 11 is 0. The predicted octanol–water partition coefficient (Wildman–Crippen LogP) is 2.83. The molecule has 0 aliphatic heterocycles. The lowest BCUT2D eigenvalue weighted by Gasteiger charge is -2.18. The van der Waals surface area contributed by atoms with Crippen LogP contribution in [-0.4, -0.2) is 38.7 Å². The van der Waals surface area contributed by atoms with Gasteiger partial charge in [0.1, 0.15) is 11.6 Å². The van der Waals surface area contributed by atoms with E-state index in [2.05, 4.69) is 10.2 Å². The summed E-state index contributed by atoms with van der Waals surface area (Å²) < 4.78 is 19.1. The molecule has 0 saturated heterocycles. The predicted molar refractivity (Wildman–Crippen MR) is 77.2 cm³/mol. The van der Waals surface area contributed by atoms with Gasteiger partial charge in [0, 0.05) is 18.2 Å². The number of ether oxygens (including phenoxy) is 1. The summed E-state index contributed by atoms with van der Waals surface area (Å²) in [5.41, 5.74) is 0.881. The second kappa shape index (κ2) is 8.12. The molecule has 1 rings (SSSR count). The molecule has 1 N–H and O–H groups in total. The van der Waals surface area contributed by atoms with E-state index < -0.39 is 0 Å². The van der Waals surface area contributed by atoms with Gasteiger partial charge in [0.25, 0.3) is 0 Å². The molecule has 0 radical (unpaired) electrons. The number of hydrogen-bond acceptors (Lipinski definition) is 3. The maximum absolute atomic E-state index is 13.4. The number of nitrogens with one attached hydrogen (secondary N) is 1. The van der Waals surface area contributed by atoms with Crippen molar-refractivity contribution in [2.45, 2.75) is 26.3 Å². The standard InChI is InChI=1S/C15H25FN2O/c1-5-17-12(2)14-11-13(16)7-8-15(14)19-10-6-9-18(3)4/h7-8,11-12,17H,5-6,9-10H2,1-4H3. The third-order valence-electron chi connectivity index (χ3n) is 2.96. The fourth-order valence-corrected chi connectivity index (χ4v) is 1.97. The van der Waals surface area contributed by atoms with Crippen LogP contribution in [-0.2, 0) is 0 Å². The maximum Gasteiger partial charge on any atom is 0.124 e. The van der Waals surface area contributed by atoms with Gasteiger partial charge in [0.15, 0.2) is 0 Å². The second-order valence-electron chi connectivity index (χ2n) is 4.97. The maximum atomic E-state index is 13.4. The Morgan fingerprint density at radius 1 is 1.37 bits per heavy atom. The molecule has 0 amide bonds. The summed E-state index contributed by atoms with van der Waals surface area (Å²) in [7, 11) is 4.08. The normalized spacial score (nSPS) is 12.7. The van der Waals surface area contributed by atoms with Gasteiger partial charge in [0.05, 0.1) is 6.61 Å². The highest BCUT2D eigenvalue weighted by molar-refractivity contribution is 5.36. The molecule has 4 heteroatoms. The van der Waals surface area contributed by atoms with Crippen LogP contribution in [0.3, 0.4) is 0 Å². The Hall–Kier alpha value is -1.13. The first kappa shape index (κ1) is 15.9. The van der Waals surface area contributed by atoms with Crippen molar-refractivity contribution in [2.75, 3.05) is 33.8 Å². The van der Waals surface area contributed by atoms with Crippen molar-refractivity contribution in [2.24, 2.45) is 0 Å². The van der Waals surface area contributed by atoms with E-state index in [9.17, 15) is 4.39 Å². The number of halogens is 1. The molecule has 0 aromatic heterocycles. The van der Waals surface area contributed by atoms with Crippen molar-refractivity contribution >= 4 is 0 Å². The first-order valence-corrected chi connectivity index (χ1v) is 6.85. The average Bonchev–Trinajstić information content (AvgIpc) is 2.36. The van der Waals surface area contributed by atoms with Crippen LogP contribution in [0.4, 0.5) is 4.39 Å². The van der Waals surface area contributed by atoms with Gasteiger partial charge in [-0.25, -0.2) is 4.39 Å². The van der Waals surface area contributed by atoms with Gasteiger partial charge in [-0.1, -0.05) is 6.92 Å². The van der Waals surface area contributed by atoms with E-state index in [0.717, 1.165) is 30.8 Å². The molecule has 0 heterocycles. The third kappa shape index (κ3) is 5.57. The van der Waals surface area contributed by atoms with E-state index in [1.807, 2.05) is 27.9 Å². The van der Waals surface area contributed by atoms with Crippen molar-refractivity contribution in [1.29, 1.82) is 0 Å². The van der Waals surface area contributed by atoms with E-state index in [0.29, 0.717) is 6.61 Å². The SMILES string of the molecule is CCNC(C)c1cc(F)ccc1OCCCN(C)C. The molecule has 1 aromatic rings. The van der Waals surface area contributed by atoms with Crippen LogP contribution in [0, 0.1) is 5.82 Å². The minimum atomic E-state index is -0.222. The van der Waals surface area contributed by atoms with Gasteiger partial charge in [0.2, 0.25) is 0 Å². The molecule has 0 fully saturated rings. The molecule has 3 nitrogen and oxygen atoms in total. The Bertz CT molecular complexity index is 382. The fraction of sp³-hybridized carbons (Fsp3) is 0.600. The summed E-state index contributed by atoms with van der Waals surface area (Å²) in [5, 5.41) is 3.28. The van der Waals surface area contributed by atoms with Crippen LogP contribution in [0.25, 0.3) is 0 Å². The van der Waals surface area contributed by atoms with Crippen LogP contribution in [0.2, 0.25) is 0 Å². The number of benzene rings is 1. The van der Waals surface area contributed by atoms with Crippen LogP contribution < -0.4 is 10.1 Å². The highest BCUT2D eigenvalue weighted by Crippen LogP contribution is 2.26. The van der Waals surface area contributed by atoms with E-state index in [-0.39, 0.29) is 11.9 Å². The van der Waals surface area contributed by atoms with Gasteiger partial charge >= 0.3 is 0 Å². The van der Waals surface area contributed by atoms with Crippen LogP contribution in [0.5, 0.6) is 5.75 Å². The minimum absolute atomic E-state index is 0.0875. The summed E-state index contributed by atoms with van der Waals surface area (Å²) in [6, 6.07) is 4.80. The smallest absolute Gasteiger partial charge is 0.124 e.